The molecule has 20 heavy (non-hydrogen) atoms. The summed E-state index contributed by atoms with van der Waals surface area (Å²) in [5.74, 6) is 0.874. The fraction of sp³-hybridized carbons (Fsp3) is 0.385. The van der Waals surface area contributed by atoms with Gasteiger partial charge < -0.3 is 15.2 Å². The van der Waals surface area contributed by atoms with Crippen molar-refractivity contribution >= 4 is 0 Å². The lowest BCUT2D eigenvalue weighted by molar-refractivity contribution is 0.106. The maximum atomic E-state index is 12.7. The molecule has 7 heteroatoms. The maximum Gasteiger partial charge on any atom is 0.164 e. The molecule has 0 radical (unpaired) electrons. The van der Waals surface area contributed by atoms with Crippen molar-refractivity contribution in [2.45, 2.75) is 12.6 Å². The number of aromatic nitrogens is 3. The summed E-state index contributed by atoms with van der Waals surface area (Å²) < 4.78 is 19.6. The number of hydrogen-bond donors (Lipinski definition) is 2. The average molecular weight is 280 g/mol. The summed E-state index contributed by atoms with van der Waals surface area (Å²) in [4.78, 5) is 4.06. The Labute approximate surface area is 116 Å². The Morgan fingerprint density at radius 2 is 2.15 bits per heavy atom. The zero-order chi connectivity index (χ0) is 14.4. The molecule has 0 aliphatic heterocycles. The van der Waals surface area contributed by atoms with E-state index in [4.69, 9.17) is 4.74 Å². The first kappa shape index (κ1) is 14.4. The Morgan fingerprint density at radius 3 is 2.80 bits per heavy atom. The van der Waals surface area contributed by atoms with E-state index in [-0.39, 0.29) is 12.4 Å². The molecule has 2 rings (SSSR count). The highest BCUT2D eigenvalue weighted by Crippen LogP contribution is 2.11. The number of nitrogens with zero attached hydrogens (tertiary/aromatic N) is 3. The van der Waals surface area contributed by atoms with Crippen LogP contribution in [-0.2, 0) is 13.6 Å². The van der Waals surface area contributed by atoms with Gasteiger partial charge in [0.15, 0.2) is 5.82 Å². The molecular formula is C13H17FN4O2. The van der Waals surface area contributed by atoms with Gasteiger partial charge in [-0.2, -0.15) is 5.10 Å². The molecule has 1 atom stereocenters. The van der Waals surface area contributed by atoms with Crippen molar-refractivity contribution in [2.75, 3.05) is 13.2 Å². The van der Waals surface area contributed by atoms with Crippen LogP contribution < -0.4 is 10.1 Å². The zero-order valence-electron chi connectivity index (χ0n) is 11.2. The predicted octanol–water partition coefficient (Wildman–Crippen LogP) is 0.484. The third-order valence-electron chi connectivity index (χ3n) is 2.57. The third kappa shape index (κ3) is 4.60. The Hall–Kier alpha value is -1.99. The molecule has 2 aromatic rings. The van der Waals surface area contributed by atoms with Gasteiger partial charge in [0.1, 0.15) is 30.6 Å². The molecule has 2 N–H and O–H groups in total. The number of hydrogen-bond acceptors (Lipinski definition) is 5. The van der Waals surface area contributed by atoms with E-state index in [1.165, 1.54) is 24.3 Å². The van der Waals surface area contributed by atoms with E-state index in [1.54, 1.807) is 18.1 Å². The Balaban J connectivity index is 1.65. The lowest BCUT2D eigenvalue weighted by Crippen LogP contribution is -2.31. The quantitative estimate of drug-likeness (QED) is 0.772. The van der Waals surface area contributed by atoms with E-state index >= 15 is 0 Å². The number of halogens is 1. The second-order valence-electron chi connectivity index (χ2n) is 4.38. The highest BCUT2D eigenvalue weighted by atomic mass is 19.1. The molecule has 108 valence electrons. The van der Waals surface area contributed by atoms with Crippen molar-refractivity contribution in [1.29, 1.82) is 0 Å². The number of ether oxygens (including phenoxy) is 1. The lowest BCUT2D eigenvalue weighted by atomic mass is 10.3. The second-order valence-corrected chi connectivity index (χ2v) is 4.38. The first-order valence-electron chi connectivity index (χ1n) is 6.25. The Kier molecular flexibility index (Phi) is 5.03. The molecule has 0 aliphatic rings. The topological polar surface area (TPSA) is 72.2 Å². The number of benzene rings is 1. The standard InChI is InChI=1S/C13H17FN4O2/c1-18-9-16-13(17-18)7-15-6-11(19)8-20-12-4-2-10(14)3-5-12/h2-5,9,11,15,19H,6-8H2,1H3. The van der Waals surface area contributed by atoms with Gasteiger partial charge in [0.25, 0.3) is 0 Å². The van der Waals surface area contributed by atoms with Gasteiger partial charge in [0.2, 0.25) is 0 Å². The Bertz CT molecular complexity index is 529. The van der Waals surface area contributed by atoms with Gasteiger partial charge in [-0.25, -0.2) is 9.37 Å². The fourth-order valence-corrected chi connectivity index (χ4v) is 1.60. The van der Waals surface area contributed by atoms with Crippen LogP contribution in [0.5, 0.6) is 5.75 Å². The lowest BCUT2D eigenvalue weighted by Gasteiger charge is -2.12. The second kappa shape index (κ2) is 6.97. The number of aliphatic hydroxyl groups excluding tert-OH is 1. The van der Waals surface area contributed by atoms with Gasteiger partial charge in [0, 0.05) is 13.6 Å². The molecule has 0 spiro atoms. The van der Waals surface area contributed by atoms with E-state index in [1.807, 2.05) is 0 Å². The molecule has 1 unspecified atom stereocenters. The van der Waals surface area contributed by atoms with Crippen LogP contribution in [0.15, 0.2) is 30.6 Å². The van der Waals surface area contributed by atoms with Crippen LogP contribution in [0.2, 0.25) is 0 Å². The minimum absolute atomic E-state index is 0.133. The highest BCUT2D eigenvalue weighted by molar-refractivity contribution is 5.22. The molecule has 1 aromatic carbocycles. The van der Waals surface area contributed by atoms with Gasteiger partial charge in [-0.05, 0) is 24.3 Å². The van der Waals surface area contributed by atoms with Crippen LogP contribution in [0.1, 0.15) is 5.82 Å². The van der Waals surface area contributed by atoms with Crippen LogP contribution in [0.4, 0.5) is 4.39 Å². The van der Waals surface area contributed by atoms with E-state index < -0.39 is 6.10 Å². The van der Waals surface area contributed by atoms with Crippen molar-refractivity contribution in [3.8, 4) is 5.75 Å². The summed E-state index contributed by atoms with van der Waals surface area (Å²) in [6.45, 7) is 0.974. The molecular weight excluding hydrogens is 263 g/mol. The van der Waals surface area contributed by atoms with Crippen LogP contribution in [0.25, 0.3) is 0 Å². The third-order valence-corrected chi connectivity index (χ3v) is 2.57. The van der Waals surface area contributed by atoms with Gasteiger partial charge in [-0.15, -0.1) is 0 Å². The van der Waals surface area contributed by atoms with Crippen LogP contribution in [0.3, 0.4) is 0 Å². The first-order valence-corrected chi connectivity index (χ1v) is 6.25. The summed E-state index contributed by atoms with van der Waals surface area (Å²) >= 11 is 0. The monoisotopic (exact) mass is 280 g/mol. The molecule has 0 saturated heterocycles. The minimum Gasteiger partial charge on any atom is -0.491 e. The zero-order valence-corrected chi connectivity index (χ0v) is 11.2. The van der Waals surface area contributed by atoms with E-state index in [0.717, 1.165) is 0 Å². The molecule has 1 aromatic heterocycles. The van der Waals surface area contributed by atoms with Crippen molar-refractivity contribution in [1.82, 2.24) is 20.1 Å². The van der Waals surface area contributed by atoms with Crippen LogP contribution in [0, 0.1) is 5.82 Å². The fourth-order valence-electron chi connectivity index (χ4n) is 1.60. The predicted molar refractivity (Wildman–Crippen MR) is 70.6 cm³/mol. The summed E-state index contributed by atoms with van der Waals surface area (Å²) in [7, 11) is 1.79. The smallest absolute Gasteiger partial charge is 0.164 e. The minimum atomic E-state index is -0.663. The van der Waals surface area contributed by atoms with E-state index in [9.17, 15) is 9.50 Å². The summed E-state index contributed by atoms with van der Waals surface area (Å²) in [6, 6.07) is 5.67. The molecule has 0 amide bonds. The average Bonchev–Trinajstić information content (AvgIpc) is 2.84. The highest BCUT2D eigenvalue weighted by Gasteiger charge is 2.06. The maximum absolute atomic E-state index is 12.7. The van der Waals surface area contributed by atoms with Gasteiger partial charge in [0.05, 0.1) is 6.54 Å². The van der Waals surface area contributed by atoms with E-state index in [2.05, 4.69) is 15.4 Å². The van der Waals surface area contributed by atoms with Gasteiger partial charge in [-0.1, -0.05) is 0 Å². The number of aryl methyl sites for hydroxylation is 1. The summed E-state index contributed by atoms with van der Waals surface area (Å²) in [5.41, 5.74) is 0. The van der Waals surface area contributed by atoms with E-state index in [0.29, 0.717) is 24.7 Å². The largest absolute Gasteiger partial charge is 0.491 e. The van der Waals surface area contributed by atoms with Crippen LogP contribution in [-0.4, -0.2) is 39.1 Å². The first-order chi connectivity index (χ1) is 9.63. The molecule has 0 fully saturated rings. The van der Waals surface area contributed by atoms with Crippen molar-refractivity contribution in [2.24, 2.45) is 7.05 Å². The molecule has 0 bridgehead atoms. The number of rotatable bonds is 7. The van der Waals surface area contributed by atoms with Gasteiger partial charge in [-0.3, -0.25) is 4.68 Å². The van der Waals surface area contributed by atoms with Crippen molar-refractivity contribution in [3.63, 3.8) is 0 Å². The molecule has 6 nitrogen and oxygen atoms in total. The Morgan fingerprint density at radius 1 is 1.40 bits per heavy atom. The normalized spacial score (nSPS) is 12.3. The molecule has 1 heterocycles. The van der Waals surface area contributed by atoms with Crippen LogP contribution >= 0.6 is 0 Å². The van der Waals surface area contributed by atoms with Gasteiger partial charge >= 0.3 is 0 Å². The SMILES string of the molecule is Cn1cnc(CNCC(O)COc2ccc(F)cc2)n1. The number of aliphatic hydroxyl groups is 1. The van der Waals surface area contributed by atoms with Crippen molar-refractivity contribution < 1.29 is 14.2 Å². The summed E-state index contributed by atoms with van der Waals surface area (Å²) in [6.07, 6.45) is 0.953. The molecule has 0 aliphatic carbocycles. The number of nitrogens with one attached hydrogen (secondary N) is 1. The summed E-state index contributed by atoms with van der Waals surface area (Å²) in [5, 5.41) is 16.9. The molecule has 0 saturated carbocycles. The van der Waals surface area contributed by atoms with Crippen molar-refractivity contribution in [3.05, 3.63) is 42.2 Å².